The van der Waals surface area contributed by atoms with Crippen LogP contribution >= 0.6 is 0 Å². The number of para-hydroxylation sites is 2. The van der Waals surface area contributed by atoms with Gasteiger partial charge in [0.25, 0.3) is 0 Å². The fraction of sp³-hybridized carbons (Fsp3) is 0.364. The largest absolute Gasteiger partial charge is 0.490 e. The first-order chi connectivity index (χ1) is 13.8. The number of hydrogen-bond acceptors (Lipinski definition) is 3. The van der Waals surface area contributed by atoms with E-state index in [1.54, 1.807) is 0 Å². The minimum atomic E-state index is -0.178. The topological polar surface area (TPSA) is 79.0 Å². The Morgan fingerprint density at radius 3 is 2.64 bits per heavy atom. The molecule has 0 saturated heterocycles. The molecule has 0 spiro atoms. The van der Waals surface area contributed by atoms with E-state index in [0.717, 1.165) is 41.0 Å². The number of ether oxygens (including phenoxy) is 1. The van der Waals surface area contributed by atoms with Gasteiger partial charge in [0.1, 0.15) is 11.6 Å². The van der Waals surface area contributed by atoms with Gasteiger partial charge in [-0.15, -0.1) is 0 Å². The molecule has 0 atom stereocenters. The minimum Gasteiger partial charge on any atom is -0.490 e. The van der Waals surface area contributed by atoms with Crippen molar-refractivity contribution in [2.75, 3.05) is 6.54 Å². The van der Waals surface area contributed by atoms with Crippen LogP contribution in [0.3, 0.4) is 0 Å². The fourth-order valence-corrected chi connectivity index (χ4v) is 3.55. The van der Waals surface area contributed by atoms with Crippen LogP contribution in [0.2, 0.25) is 0 Å². The molecule has 2 amide bonds. The second kappa shape index (κ2) is 8.78. The number of carbonyl (C=O) groups excluding carboxylic acids is 1. The molecule has 146 valence electrons. The van der Waals surface area contributed by atoms with Crippen LogP contribution in [0.1, 0.15) is 37.1 Å². The van der Waals surface area contributed by atoms with Gasteiger partial charge in [-0.05, 0) is 55.5 Å². The summed E-state index contributed by atoms with van der Waals surface area (Å²) in [4.78, 5) is 19.8. The molecular formula is C22H26N4O2. The third-order valence-electron chi connectivity index (χ3n) is 5.07. The number of urea groups is 1. The number of nitrogens with zero attached hydrogens (tertiary/aromatic N) is 1. The third kappa shape index (κ3) is 4.82. The van der Waals surface area contributed by atoms with Crippen molar-refractivity contribution < 1.29 is 9.53 Å². The van der Waals surface area contributed by atoms with Crippen molar-refractivity contribution >= 4 is 17.1 Å². The van der Waals surface area contributed by atoms with Gasteiger partial charge in [-0.2, -0.15) is 0 Å². The van der Waals surface area contributed by atoms with Crippen LogP contribution in [0, 0.1) is 0 Å². The predicted octanol–water partition coefficient (Wildman–Crippen LogP) is 3.93. The number of amides is 2. The summed E-state index contributed by atoms with van der Waals surface area (Å²) in [6.45, 7) is 1.01. The molecule has 28 heavy (non-hydrogen) atoms. The lowest BCUT2D eigenvalue weighted by Gasteiger charge is -2.13. The van der Waals surface area contributed by atoms with Gasteiger partial charge in [0.2, 0.25) is 0 Å². The molecular weight excluding hydrogens is 352 g/mol. The van der Waals surface area contributed by atoms with Crippen molar-refractivity contribution in [2.45, 2.75) is 44.8 Å². The highest BCUT2D eigenvalue weighted by molar-refractivity contribution is 5.75. The molecule has 1 aromatic heterocycles. The van der Waals surface area contributed by atoms with Gasteiger partial charge in [0.15, 0.2) is 0 Å². The highest BCUT2D eigenvalue weighted by Gasteiger charge is 2.16. The highest BCUT2D eigenvalue weighted by Crippen LogP contribution is 2.24. The molecule has 1 fully saturated rings. The average molecular weight is 378 g/mol. The Labute approximate surface area is 164 Å². The molecule has 6 nitrogen and oxygen atoms in total. The van der Waals surface area contributed by atoms with E-state index >= 15 is 0 Å². The first kappa shape index (κ1) is 18.3. The van der Waals surface area contributed by atoms with Gasteiger partial charge >= 0.3 is 6.03 Å². The minimum absolute atomic E-state index is 0.178. The monoisotopic (exact) mass is 378 g/mol. The van der Waals surface area contributed by atoms with Gasteiger partial charge in [0.05, 0.1) is 17.1 Å². The van der Waals surface area contributed by atoms with Crippen LogP contribution in [0.15, 0.2) is 48.5 Å². The number of imidazole rings is 1. The number of hydrogen-bond donors (Lipinski definition) is 3. The van der Waals surface area contributed by atoms with Crippen LogP contribution in [0.5, 0.6) is 5.75 Å². The molecule has 4 rings (SSSR count). The van der Waals surface area contributed by atoms with E-state index in [2.05, 4.69) is 20.6 Å². The Bertz CT molecular complexity index is 881. The number of H-pyrrole nitrogens is 1. The summed E-state index contributed by atoms with van der Waals surface area (Å²) in [7, 11) is 0. The molecule has 3 aromatic rings. The zero-order chi connectivity index (χ0) is 19.2. The molecule has 1 aliphatic rings. The highest BCUT2D eigenvalue weighted by atomic mass is 16.5. The van der Waals surface area contributed by atoms with Crippen molar-refractivity contribution in [1.29, 1.82) is 0 Å². The van der Waals surface area contributed by atoms with E-state index in [0.29, 0.717) is 25.6 Å². The Hall–Kier alpha value is -3.02. The van der Waals surface area contributed by atoms with Gasteiger partial charge < -0.3 is 20.4 Å². The first-order valence-electron chi connectivity index (χ1n) is 9.97. The van der Waals surface area contributed by atoms with E-state index in [9.17, 15) is 4.79 Å². The van der Waals surface area contributed by atoms with Crippen LogP contribution < -0.4 is 15.4 Å². The maximum absolute atomic E-state index is 12.0. The van der Waals surface area contributed by atoms with Crippen LogP contribution in [-0.4, -0.2) is 28.6 Å². The Morgan fingerprint density at radius 1 is 1.07 bits per heavy atom. The van der Waals surface area contributed by atoms with Crippen molar-refractivity contribution in [2.24, 2.45) is 0 Å². The van der Waals surface area contributed by atoms with E-state index in [4.69, 9.17) is 4.74 Å². The standard InChI is InChI=1S/C22H26N4O2/c27-22(23-14-13-21-25-19-7-3-4-8-20(19)26-21)24-15-16-9-11-18(12-10-16)28-17-5-1-2-6-17/h3-4,7-12,17H,1-2,5-6,13-15H2,(H,25,26)(H2,23,24,27). The summed E-state index contributed by atoms with van der Waals surface area (Å²) in [6, 6.07) is 15.7. The lowest BCUT2D eigenvalue weighted by atomic mass is 10.2. The zero-order valence-corrected chi connectivity index (χ0v) is 15.9. The number of nitrogens with one attached hydrogen (secondary N) is 3. The number of aromatic nitrogens is 2. The summed E-state index contributed by atoms with van der Waals surface area (Å²) < 4.78 is 5.96. The Morgan fingerprint density at radius 2 is 1.86 bits per heavy atom. The molecule has 0 radical (unpaired) electrons. The molecule has 3 N–H and O–H groups in total. The molecule has 6 heteroatoms. The molecule has 1 aliphatic carbocycles. The smallest absolute Gasteiger partial charge is 0.315 e. The van der Waals surface area contributed by atoms with E-state index in [1.807, 2.05) is 48.5 Å². The molecule has 1 heterocycles. The fourth-order valence-electron chi connectivity index (χ4n) is 3.55. The second-order valence-corrected chi connectivity index (χ2v) is 7.23. The van der Waals surface area contributed by atoms with Crippen molar-refractivity contribution in [3.63, 3.8) is 0 Å². The van der Waals surface area contributed by atoms with E-state index < -0.39 is 0 Å². The van der Waals surface area contributed by atoms with Crippen molar-refractivity contribution in [1.82, 2.24) is 20.6 Å². The Balaban J connectivity index is 1.17. The van der Waals surface area contributed by atoms with Crippen LogP contribution in [-0.2, 0) is 13.0 Å². The average Bonchev–Trinajstić information content (AvgIpc) is 3.36. The molecule has 0 aliphatic heterocycles. The molecule has 1 saturated carbocycles. The third-order valence-corrected chi connectivity index (χ3v) is 5.07. The van der Waals surface area contributed by atoms with Gasteiger partial charge in [-0.1, -0.05) is 24.3 Å². The second-order valence-electron chi connectivity index (χ2n) is 7.23. The summed E-state index contributed by atoms with van der Waals surface area (Å²) in [5.74, 6) is 1.78. The van der Waals surface area contributed by atoms with Crippen LogP contribution in [0.25, 0.3) is 11.0 Å². The summed E-state index contributed by atoms with van der Waals surface area (Å²) in [6.07, 6.45) is 5.85. The number of fused-ring (bicyclic) bond motifs is 1. The molecule has 0 unspecified atom stereocenters. The zero-order valence-electron chi connectivity index (χ0n) is 15.9. The lowest BCUT2D eigenvalue weighted by Crippen LogP contribution is -2.36. The Kier molecular flexibility index (Phi) is 5.75. The van der Waals surface area contributed by atoms with E-state index in [-0.39, 0.29) is 6.03 Å². The number of benzene rings is 2. The van der Waals surface area contributed by atoms with Crippen molar-refractivity contribution in [3.8, 4) is 5.75 Å². The number of aromatic amines is 1. The predicted molar refractivity (Wildman–Crippen MR) is 109 cm³/mol. The maximum atomic E-state index is 12.0. The number of carbonyl (C=O) groups is 1. The number of rotatable bonds is 7. The van der Waals surface area contributed by atoms with Gasteiger partial charge in [-0.25, -0.2) is 9.78 Å². The molecule has 0 bridgehead atoms. The molecule has 2 aromatic carbocycles. The summed E-state index contributed by atoms with van der Waals surface area (Å²) >= 11 is 0. The SMILES string of the molecule is O=C(NCCc1nc2ccccc2[nH]1)NCc1ccc(OC2CCCC2)cc1. The lowest BCUT2D eigenvalue weighted by molar-refractivity contribution is 0.210. The first-order valence-corrected chi connectivity index (χ1v) is 9.97. The van der Waals surface area contributed by atoms with Gasteiger partial charge in [0, 0.05) is 19.5 Å². The van der Waals surface area contributed by atoms with Crippen LogP contribution in [0.4, 0.5) is 4.79 Å². The maximum Gasteiger partial charge on any atom is 0.315 e. The summed E-state index contributed by atoms with van der Waals surface area (Å²) in [5.41, 5.74) is 3.01. The van der Waals surface area contributed by atoms with E-state index in [1.165, 1.54) is 12.8 Å². The van der Waals surface area contributed by atoms with Gasteiger partial charge in [-0.3, -0.25) is 0 Å². The summed E-state index contributed by atoms with van der Waals surface area (Å²) in [5, 5.41) is 5.75. The quantitative estimate of drug-likeness (QED) is 0.583. The van der Waals surface area contributed by atoms with Crippen molar-refractivity contribution in [3.05, 3.63) is 59.9 Å². The normalized spacial score (nSPS) is 14.3.